The minimum Gasteiger partial charge on any atom is -0.347 e. The molecule has 4 aliphatic rings. The number of benzene rings is 1. The molecule has 0 spiro atoms. The summed E-state index contributed by atoms with van der Waals surface area (Å²) < 4.78 is 28.7. The van der Waals surface area contributed by atoms with Crippen LogP contribution in [0.1, 0.15) is 43.7 Å². The Balaban J connectivity index is 1.17. The molecule has 6 nitrogen and oxygen atoms in total. The molecule has 1 atom stereocenters. The van der Waals surface area contributed by atoms with Crippen molar-refractivity contribution in [2.24, 2.45) is 5.92 Å². The summed E-state index contributed by atoms with van der Waals surface area (Å²) >= 11 is 0. The van der Waals surface area contributed by atoms with Gasteiger partial charge < -0.3 is 15.1 Å². The molecule has 1 aromatic heterocycles. The lowest BCUT2D eigenvalue weighted by Gasteiger charge is -2.52. The molecule has 33 heavy (non-hydrogen) atoms. The molecule has 0 aliphatic carbocycles. The number of hydrogen-bond donors (Lipinski definition) is 1. The zero-order chi connectivity index (χ0) is 23.1. The number of aromatic nitrogens is 2. The quantitative estimate of drug-likeness (QED) is 0.751. The van der Waals surface area contributed by atoms with E-state index >= 15 is 4.39 Å². The number of amides is 1. The zero-order valence-corrected chi connectivity index (χ0v) is 19.1. The van der Waals surface area contributed by atoms with Gasteiger partial charge in [-0.3, -0.25) is 4.79 Å². The van der Waals surface area contributed by atoms with Crippen molar-refractivity contribution in [2.75, 3.05) is 37.6 Å². The van der Waals surface area contributed by atoms with Gasteiger partial charge in [0.05, 0.1) is 5.54 Å². The van der Waals surface area contributed by atoms with Crippen LogP contribution >= 0.6 is 0 Å². The number of piperidine rings is 4. The summed E-state index contributed by atoms with van der Waals surface area (Å²) in [4.78, 5) is 26.2. The molecule has 6 rings (SSSR count). The summed E-state index contributed by atoms with van der Waals surface area (Å²) in [5, 5.41) is 3.10. The van der Waals surface area contributed by atoms with E-state index in [0.717, 1.165) is 43.6 Å². The topological polar surface area (TPSA) is 61.4 Å². The molecule has 0 radical (unpaired) electrons. The van der Waals surface area contributed by atoms with Crippen molar-refractivity contribution >= 4 is 11.9 Å². The van der Waals surface area contributed by atoms with Gasteiger partial charge in [0.2, 0.25) is 5.95 Å². The summed E-state index contributed by atoms with van der Waals surface area (Å²) in [5.41, 5.74) is -0.288. The predicted molar refractivity (Wildman–Crippen MR) is 122 cm³/mol. The van der Waals surface area contributed by atoms with Gasteiger partial charge in [0.25, 0.3) is 5.91 Å². The molecule has 2 aromatic rings. The fourth-order valence-corrected chi connectivity index (χ4v) is 5.56. The van der Waals surface area contributed by atoms with Crippen LogP contribution < -0.4 is 10.2 Å². The number of fused-ring (bicyclic) bond motifs is 3. The number of anilines is 1. The highest BCUT2D eigenvalue weighted by atomic mass is 19.1. The van der Waals surface area contributed by atoms with Crippen LogP contribution in [0.3, 0.4) is 0 Å². The Morgan fingerprint density at radius 3 is 2.27 bits per heavy atom. The van der Waals surface area contributed by atoms with Gasteiger partial charge in [-0.2, -0.15) is 0 Å². The molecule has 1 N–H and O–H groups in total. The van der Waals surface area contributed by atoms with Crippen molar-refractivity contribution in [3.63, 3.8) is 0 Å². The van der Waals surface area contributed by atoms with Crippen LogP contribution in [0.4, 0.5) is 14.7 Å². The van der Waals surface area contributed by atoms with Crippen LogP contribution in [0, 0.1) is 11.7 Å². The van der Waals surface area contributed by atoms with E-state index in [1.54, 1.807) is 24.5 Å². The maximum absolute atomic E-state index is 15.6. The third-order valence-electron chi connectivity index (χ3n) is 7.70. The van der Waals surface area contributed by atoms with Crippen LogP contribution in [0.15, 0.2) is 36.7 Å². The molecular weight excluding hydrogens is 424 g/mol. The first-order chi connectivity index (χ1) is 15.8. The summed E-state index contributed by atoms with van der Waals surface area (Å²) in [6.45, 7) is 5.83. The van der Waals surface area contributed by atoms with Gasteiger partial charge in [-0.05, 0) is 62.0 Å². The number of carbonyl (C=O) groups is 1. The minimum absolute atomic E-state index is 0.129. The molecule has 4 aliphatic heterocycles. The van der Waals surface area contributed by atoms with Gasteiger partial charge in [-0.1, -0.05) is 12.1 Å². The van der Waals surface area contributed by atoms with Crippen molar-refractivity contribution in [3.05, 3.63) is 53.6 Å². The molecular formula is C25H31F2N5O. The van der Waals surface area contributed by atoms with Crippen molar-refractivity contribution in [1.29, 1.82) is 0 Å². The van der Waals surface area contributed by atoms with E-state index in [1.165, 1.54) is 12.1 Å². The second-order valence-corrected chi connectivity index (χ2v) is 10.1. The van der Waals surface area contributed by atoms with E-state index in [0.29, 0.717) is 31.4 Å². The minimum atomic E-state index is -1.85. The average molecular weight is 456 g/mol. The molecule has 4 fully saturated rings. The van der Waals surface area contributed by atoms with Crippen LogP contribution in [0.25, 0.3) is 0 Å². The second kappa shape index (κ2) is 8.63. The standard InChI is InChI=1S/C25H31F2N5O/c1-24(17-31-10-6-20(24)7-11-31)30-22(33)25(27)8-12-32(13-9-25)23-28-15-19(16-29-23)14-18-2-4-21(26)5-3-18/h2-5,15-16,20H,6-14,17H2,1H3,(H,30,33). The normalized spacial score (nSPS) is 28.5. The third kappa shape index (κ3) is 4.58. The van der Waals surface area contributed by atoms with Gasteiger partial charge in [0.1, 0.15) is 5.82 Å². The first-order valence-corrected chi connectivity index (χ1v) is 11.9. The van der Waals surface area contributed by atoms with Crippen LogP contribution in [-0.2, 0) is 11.2 Å². The van der Waals surface area contributed by atoms with E-state index in [9.17, 15) is 9.18 Å². The summed E-state index contributed by atoms with van der Waals surface area (Å²) in [6, 6.07) is 6.37. The Bertz CT molecular complexity index is 983. The van der Waals surface area contributed by atoms with E-state index in [4.69, 9.17) is 0 Å². The van der Waals surface area contributed by atoms with Crippen LogP contribution in [0.5, 0.6) is 0 Å². The maximum Gasteiger partial charge on any atom is 0.258 e. The SMILES string of the molecule is CC1(NC(=O)C2(F)CCN(c3ncc(Cc4ccc(F)cc4)cn3)CC2)CN2CCC1CC2. The summed E-state index contributed by atoms with van der Waals surface area (Å²) in [5.74, 6) is 0.251. The summed E-state index contributed by atoms with van der Waals surface area (Å²) in [6.07, 6.45) is 6.52. The average Bonchev–Trinajstić information content (AvgIpc) is 2.82. The Morgan fingerprint density at radius 2 is 1.70 bits per heavy atom. The molecule has 1 amide bonds. The summed E-state index contributed by atoms with van der Waals surface area (Å²) in [7, 11) is 0. The Hall–Kier alpha value is -2.61. The smallest absolute Gasteiger partial charge is 0.258 e. The number of rotatable bonds is 5. The lowest BCUT2D eigenvalue weighted by molar-refractivity contribution is -0.139. The van der Waals surface area contributed by atoms with Crippen molar-refractivity contribution in [3.8, 4) is 0 Å². The molecule has 8 heteroatoms. The Kier molecular flexibility index (Phi) is 5.80. The molecule has 1 unspecified atom stereocenters. The Labute approximate surface area is 193 Å². The number of carbonyl (C=O) groups excluding carboxylic acids is 1. The van der Waals surface area contributed by atoms with E-state index < -0.39 is 11.6 Å². The highest BCUT2D eigenvalue weighted by Crippen LogP contribution is 2.37. The van der Waals surface area contributed by atoms with E-state index in [2.05, 4.69) is 27.1 Å². The molecule has 2 bridgehead atoms. The Morgan fingerprint density at radius 1 is 1.06 bits per heavy atom. The fourth-order valence-electron chi connectivity index (χ4n) is 5.56. The first kappa shape index (κ1) is 22.2. The van der Waals surface area contributed by atoms with Crippen molar-refractivity contribution in [1.82, 2.24) is 20.2 Å². The van der Waals surface area contributed by atoms with Gasteiger partial charge in [-0.25, -0.2) is 18.7 Å². The predicted octanol–water partition coefficient (Wildman–Crippen LogP) is 3.12. The second-order valence-electron chi connectivity index (χ2n) is 10.1. The van der Waals surface area contributed by atoms with E-state index in [1.807, 2.05) is 4.90 Å². The van der Waals surface area contributed by atoms with Crippen molar-refractivity contribution in [2.45, 2.75) is 50.2 Å². The third-order valence-corrected chi connectivity index (χ3v) is 7.70. The molecule has 176 valence electrons. The first-order valence-electron chi connectivity index (χ1n) is 11.9. The van der Waals surface area contributed by atoms with Crippen molar-refractivity contribution < 1.29 is 13.6 Å². The largest absolute Gasteiger partial charge is 0.347 e. The maximum atomic E-state index is 15.6. The monoisotopic (exact) mass is 455 g/mol. The van der Waals surface area contributed by atoms with Gasteiger partial charge in [-0.15, -0.1) is 0 Å². The molecule has 5 heterocycles. The lowest BCUT2D eigenvalue weighted by atomic mass is 9.73. The highest BCUT2D eigenvalue weighted by Gasteiger charge is 2.49. The van der Waals surface area contributed by atoms with Gasteiger partial charge in [0.15, 0.2) is 5.67 Å². The lowest BCUT2D eigenvalue weighted by Crippen LogP contribution is -2.68. The van der Waals surface area contributed by atoms with Crippen LogP contribution in [-0.4, -0.2) is 64.7 Å². The fraction of sp³-hybridized carbons (Fsp3) is 0.560. The molecule has 1 aromatic carbocycles. The number of hydrogen-bond acceptors (Lipinski definition) is 5. The van der Waals surface area contributed by atoms with E-state index in [-0.39, 0.29) is 24.2 Å². The van der Waals surface area contributed by atoms with Gasteiger partial charge in [0, 0.05) is 51.3 Å². The number of halogens is 2. The highest BCUT2D eigenvalue weighted by molar-refractivity contribution is 5.86. The number of alkyl halides is 1. The van der Waals surface area contributed by atoms with Crippen LogP contribution in [0.2, 0.25) is 0 Å². The molecule has 4 saturated heterocycles. The zero-order valence-electron chi connectivity index (χ0n) is 19.1. The van der Waals surface area contributed by atoms with Gasteiger partial charge >= 0.3 is 0 Å². The number of nitrogens with one attached hydrogen (secondary N) is 1. The molecule has 0 saturated carbocycles. The number of nitrogens with zero attached hydrogens (tertiary/aromatic N) is 4.